The number of hydrogen-bond donors (Lipinski definition) is 0. The molecule has 1 fully saturated rings. The Kier molecular flexibility index (Phi) is 11.2. The third kappa shape index (κ3) is 10.1. The van der Waals surface area contributed by atoms with Gasteiger partial charge >= 0.3 is 0 Å². The van der Waals surface area contributed by atoms with E-state index >= 15 is 0 Å². The molecule has 0 bridgehead atoms. The van der Waals surface area contributed by atoms with E-state index in [0.717, 1.165) is 11.1 Å². The predicted molar refractivity (Wildman–Crippen MR) is 147 cm³/mol. The number of hydrogen-bond acceptors (Lipinski definition) is 7. The summed E-state index contributed by atoms with van der Waals surface area (Å²) in [6, 6.07) is 19.9. The first-order chi connectivity index (χ1) is 17.5. The highest BCUT2D eigenvalue weighted by molar-refractivity contribution is 7.87. The topological polar surface area (TPSA) is 80.3 Å². The molecule has 206 valence electrons. The molecular weight excluding hydrogens is 532 g/mol. The van der Waals surface area contributed by atoms with Gasteiger partial charge in [0.1, 0.15) is 17.4 Å². The van der Waals surface area contributed by atoms with Crippen LogP contribution in [-0.4, -0.2) is 59.1 Å². The van der Waals surface area contributed by atoms with Crippen molar-refractivity contribution in [3.05, 3.63) is 71.8 Å². The van der Waals surface area contributed by atoms with Crippen molar-refractivity contribution in [3.63, 3.8) is 0 Å². The number of ether oxygens (including phenoxy) is 3. The van der Waals surface area contributed by atoms with Gasteiger partial charge in [0, 0.05) is 0 Å². The van der Waals surface area contributed by atoms with Gasteiger partial charge in [-0.2, -0.15) is 8.42 Å². The first kappa shape index (κ1) is 30.2. The van der Waals surface area contributed by atoms with Crippen molar-refractivity contribution in [3.8, 4) is 0 Å². The third-order valence-electron chi connectivity index (χ3n) is 6.13. The quantitative estimate of drug-likeness (QED) is 0.179. The molecule has 0 radical (unpaired) electrons. The van der Waals surface area contributed by atoms with Crippen LogP contribution in [0.25, 0.3) is 0 Å². The summed E-state index contributed by atoms with van der Waals surface area (Å²) in [6.45, 7) is 9.19. The van der Waals surface area contributed by atoms with Gasteiger partial charge in [-0.1, -0.05) is 60.7 Å². The van der Waals surface area contributed by atoms with E-state index < -0.39 is 41.5 Å². The van der Waals surface area contributed by atoms with E-state index in [1.807, 2.05) is 67.6 Å². The summed E-state index contributed by atoms with van der Waals surface area (Å²) in [5, 5.41) is -0.627. The lowest BCUT2D eigenvalue weighted by Gasteiger charge is -2.41. The molecule has 0 amide bonds. The Morgan fingerprint density at radius 3 is 2.14 bits per heavy atom. The molecule has 1 heterocycles. The van der Waals surface area contributed by atoms with E-state index in [9.17, 15) is 8.42 Å². The summed E-state index contributed by atoms with van der Waals surface area (Å²) >= 11 is 5.58. The summed E-state index contributed by atoms with van der Waals surface area (Å²) in [6.07, 6.45) is -0.123. The molecule has 0 aliphatic carbocycles. The van der Waals surface area contributed by atoms with Gasteiger partial charge < -0.3 is 18.6 Å². The first-order valence-electron chi connectivity index (χ1n) is 12.6. The standard InChI is InChI=1S/C27H39ClO7SSi/c1-27(35-37(2,3)4)16-15-24(32-18-23-13-9-6-10-14-23)25(19-31-17-22-11-7-5-8-12-22)34-26(27)20-33-36(29,30)21-28/h5-14,24-26H,15-21H2,1-4H3/t24-,25+,26-,27+/m0/s1. The van der Waals surface area contributed by atoms with E-state index in [-0.39, 0.29) is 19.3 Å². The van der Waals surface area contributed by atoms with Crippen molar-refractivity contribution >= 4 is 30.0 Å². The maximum Gasteiger partial charge on any atom is 0.281 e. The molecule has 3 rings (SSSR count). The van der Waals surface area contributed by atoms with Gasteiger partial charge in [-0.3, -0.25) is 4.18 Å². The molecule has 0 aromatic heterocycles. The third-order valence-corrected chi connectivity index (χ3v) is 8.78. The molecule has 4 atom stereocenters. The fourth-order valence-corrected chi connectivity index (χ4v) is 6.64. The zero-order chi connectivity index (χ0) is 26.9. The lowest BCUT2D eigenvalue weighted by Crippen LogP contribution is -2.52. The van der Waals surface area contributed by atoms with Crippen molar-refractivity contribution in [2.75, 3.05) is 18.4 Å². The minimum Gasteiger partial charge on any atom is -0.410 e. The molecule has 1 aliphatic heterocycles. The Morgan fingerprint density at radius 1 is 0.973 bits per heavy atom. The minimum absolute atomic E-state index is 0.198. The Labute approximate surface area is 227 Å². The maximum atomic E-state index is 12.1. The van der Waals surface area contributed by atoms with Gasteiger partial charge in [0.15, 0.2) is 8.32 Å². The van der Waals surface area contributed by atoms with Crippen molar-refractivity contribution in [2.24, 2.45) is 0 Å². The molecule has 37 heavy (non-hydrogen) atoms. The van der Waals surface area contributed by atoms with Crippen LogP contribution in [0.5, 0.6) is 0 Å². The fraction of sp³-hybridized carbons (Fsp3) is 0.556. The van der Waals surface area contributed by atoms with E-state index in [4.69, 9.17) is 34.4 Å². The minimum atomic E-state index is -3.88. The monoisotopic (exact) mass is 570 g/mol. The molecular formula is C27H39ClO7SSi. The Morgan fingerprint density at radius 2 is 1.57 bits per heavy atom. The SMILES string of the molecule is C[C@@]1(O[Si](C)(C)C)CC[C@H](OCc2ccccc2)[C@@H](COCc2ccccc2)O[C@H]1COS(=O)(=O)CCl. The molecule has 0 saturated carbocycles. The molecule has 2 aromatic rings. The number of rotatable bonds is 13. The fourth-order valence-electron chi connectivity index (χ4n) is 4.43. The first-order valence-corrected chi connectivity index (χ1v) is 18.1. The largest absolute Gasteiger partial charge is 0.410 e. The smallest absolute Gasteiger partial charge is 0.281 e. The molecule has 2 aromatic carbocycles. The number of halogens is 1. The summed E-state index contributed by atoms with van der Waals surface area (Å²) in [5.41, 5.74) is 1.34. The van der Waals surface area contributed by atoms with Crippen LogP contribution in [0.2, 0.25) is 19.6 Å². The molecule has 10 heteroatoms. The van der Waals surface area contributed by atoms with Crippen LogP contribution in [0.1, 0.15) is 30.9 Å². The van der Waals surface area contributed by atoms with Gasteiger partial charge in [-0.15, -0.1) is 11.6 Å². The Hall–Kier alpha value is -1.30. The van der Waals surface area contributed by atoms with Crippen LogP contribution < -0.4 is 0 Å². The van der Waals surface area contributed by atoms with Gasteiger partial charge in [0.05, 0.1) is 38.1 Å². The van der Waals surface area contributed by atoms with Crippen molar-refractivity contribution in [1.29, 1.82) is 0 Å². The molecule has 0 spiro atoms. The van der Waals surface area contributed by atoms with Crippen LogP contribution in [0, 0.1) is 0 Å². The van der Waals surface area contributed by atoms with Crippen LogP contribution in [0.4, 0.5) is 0 Å². The van der Waals surface area contributed by atoms with Crippen molar-refractivity contribution in [2.45, 2.75) is 76.5 Å². The molecule has 1 saturated heterocycles. The highest BCUT2D eigenvalue weighted by atomic mass is 35.5. The summed E-state index contributed by atoms with van der Waals surface area (Å²) in [5.74, 6) is 0. The number of alkyl halides is 1. The lowest BCUT2D eigenvalue weighted by atomic mass is 9.93. The average molecular weight is 571 g/mol. The molecule has 1 aliphatic rings. The van der Waals surface area contributed by atoms with E-state index in [1.165, 1.54) is 0 Å². The summed E-state index contributed by atoms with van der Waals surface area (Å²) in [7, 11) is -5.91. The predicted octanol–water partition coefficient (Wildman–Crippen LogP) is 5.49. The van der Waals surface area contributed by atoms with Crippen molar-refractivity contribution < 1.29 is 31.2 Å². The second kappa shape index (κ2) is 13.7. The lowest BCUT2D eigenvalue weighted by molar-refractivity contribution is -0.162. The van der Waals surface area contributed by atoms with Crippen LogP contribution in [0.15, 0.2) is 60.7 Å². The second-order valence-corrected chi connectivity index (χ2v) is 17.2. The highest BCUT2D eigenvalue weighted by Gasteiger charge is 2.46. The van der Waals surface area contributed by atoms with Crippen molar-refractivity contribution in [1.82, 2.24) is 0 Å². The zero-order valence-corrected chi connectivity index (χ0v) is 24.7. The zero-order valence-electron chi connectivity index (χ0n) is 22.1. The van der Waals surface area contributed by atoms with E-state index in [1.54, 1.807) is 0 Å². The van der Waals surface area contributed by atoms with Gasteiger partial charge in [-0.05, 0) is 50.5 Å². The molecule has 7 nitrogen and oxygen atoms in total. The van der Waals surface area contributed by atoms with Crippen LogP contribution >= 0.6 is 11.6 Å². The van der Waals surface area contributed by atoms with Gasteiger partial charge in [-0.25, -0.2) is 0 Å². The molecule has 0 N–H and O–H groups in total. The second-order valence-electron chi connectivity index (χ2n) is 10.5. The van der Waals surface area contributed by atoms with Crippen LogP contribution in [-0.2, 0) is 46.2 Å². The summed E-state index contributed by atoms with van der Waals surface area (Å²) < 4.78 is 55.0. The van der Waals surface area contributed by atoms with Gasteiger partial charge in [0.25, 0.3) is 10.1 Å². The van der Waals surface area contributed by atoms with E-state index in [2.05, 4.69) is 19.6 Å². The number of benzene rings is 2. The average Bonchev–Trinajstić information content (AvgIpc) is 2.98. The van der Waals surface area contributed by atoms with E-state index in [0.29, 0.717) is 26.1 Å². The van der Waals surface area contributed by atoms with Crippen LogP contribution in [0.3, 0.4) is 0 Å². The normalized spacial score (nSPS) is 25.1. The van der Waals surface area contributed by atoms with Gasteiger partial charge in [0.2, 0.25) is 0 Å². The Bertz CT molecular complexity index is 1050. The maximum absolute atomic E-state index is 12.1. The molecule has 0 unspecified atom stereocenters. The Balaban J connectivity index is 1.81. The highest BCUT2D eigenvalue weighted by Crippen LogP contribution is 2.35. The summed E-state index contributed by atoms with van der Waals surface area (Å²) in [4.78, 5) is 0.